The number of aliphatic carboxylic acids is 1. The van der Waals surface area contributed by atoms with Crippen LogP contribution in [0.2, 0.25) is 5.02 Å². The van der Waals surface area contributed by atoms with Gasteiger partial charge in [0.05, 0.1) is 29.5 Å². The highest BCUT2D eigenvalue weighted by molar-refractivity contribution is 7.99. The fourth-order valence-electron chi connectivity index (χ4n) is 3.28. The molecule has 8 nitrogen and oxygen atoms in total. The number of hydrogen-bond donors (Lipinski definition) is 2. The van der Waals surface area contributed by atoms with Gasteiger partial charge in [-0.05, 0) is 42.0 Å². The van der Waals surface area contributed by atoms with Gasteiger partial charge < -0.3 is 14.4 Å². The number of thioether (sulfide) groups is 1. The van der Waals surface area contributed by atoms with E-state index in [0.29, 0.717) is 28.0 Å². The molecule has 0 bridgehead atoms. The third-order valence-corrected chi connectivity index (χ3v) is 6.10. The molecule has 3 aromatic carbocycles. The van der Waals surface area contributed by atoms with Crippen LogP contribution in [-0.4, -0.2) is 45.1 Å². The van der Waals surface area contributed by atoms with Gasteiger partial charge in [0.1, 0.15) is 5.75 Å². The molecule has 10 heteroatoms. The second-order valence-corrected chi connectivity index (χ2v) is 8.78. The molecule has 0 aliphatic rings. The number of hydrogen-bond acceptors (Lipinski definition) is 6. The van der Waals surface area contributed by atoms with Crippen molar-refractivity contribution in [3.63, 3.8) is 0 Å². The van der Waals surface area contributed by atoms with Crippen LogP contribution in [0.4, 0.5) is 0 Å². The molecule has 1 amide bonds. The number of carboxylic acid groups (broad SMARTS) is 1. The standard InChI is InChI=1S/C25H21ClN4O4S/c26-19-11-9-17(10-12-19)14-30-21-7-3-2-6-20(21)28-25(30)35-16-23(31)29-27-13-18-5-1-4-8-22(18)34-15-24(32)33/h1-13H,14-16H2,(H,29,31)(H,32,33)/b27-13+. The molecule has 4 aromatic rings. The third-order valence-electron chi connectivity index (χ3n) is 4.87. The van der Waals surface area contributed by atoms with E-state index in [1.54, 1.807) is 24.3 Å². The SMILES string of the molecule is O=C(O)COc1ccccc1/C=N/NC(=O)CSc1nc2ccccc2n1Cc1ccc(Cl)cc1. The summed E-state index contributed by atoms with van der Waals surface area (Å²) in [6.07, 6.45) is 1.41. The highest BCUT2D eigenvalue weighted by Gasteiger charge is 2.13. The molecule has 2 N–H and O–H groups in total. The molecule has 0 aliphatic carbocycles. The highest BCUT2D eigenvalue weighted by atomic mass is 35.5. The van der Waals surface area contributed by atoms with Crippen molar-refractivity contribution in [2.75, 3.05) is 12.4 Å². The quantitative estimate of drug-likeness (QED) is 0.186. The fraction of sp³-hybridized carbons (Fsp3) is 0.120. The molecule has 0 atom stereocenters. The third kappa shape index (κ3) is 6.62. The van der Waals surface area contributed by atoms with Gasteiger partial charge in [-0.2, -0.15) is 5.10 Å². The van der Waals surface area contributed by atoms with Crippen LogP contribution in [0.25, 0.3) is 11.0 Å². The average molecular weight is 509 g/mol. The fourth-order valence-corrected chi connectivity index (χ4v) is 4.22. The van der Waals surface area contributed by atoms with Gasteiger partial charge in [0, 0.05) is 10.6 Å². The summed E-state index contributed by atoms with van der Waals surface area (Å²) in [5.41, 5.74) is 5.92. The number of carbonyl (C=O) groups excluding carboxylic acids is 1. The van der Waals surface area contributed by atoms with Crippen LogP contribution in [0, 0.1) is 0 Å². The van der Waals surface area contributed by atoms with E-state index >= 15 is 0 Å². The lowest BCUT2D eigenvalue weighted by Gasteiger charge is -2.09. The Morgan fingerprint density at radius 3 is 2.63 bits per heavy atom. The smallest absolute Gasteiger partial charge is 0.341 e. The van der Waals surface area contributed by atoms with E-state index in [4.69, 9.17) is 21.4 Å². The Kier molecular flexibility index (Phi) is 8.02. The summed E-state index contributed by atoms with van der Waals surface area (Å²) in [5.74, 6) is -0.916. The first-order valence-corrected chi connectivity index (χ1v) is 11.9. The van der Waals surface area contributed by atoms with Crippen molar-refractivity contribution in [3.05, 3.63) is 88.9 Å². The molecule has 0 unspecified atom stereocenters. The first-order chi connectivity index (χ1) is 17.0. The van der Waals surface area contributed by atoms with E-state index in [-0.39, 0.29) is 11.7 Å². The lowest BCUT2D eigenvalue weighted by Crippen LogP contribution is -2.20. The second kappa shape index (κ2) is 11.5. The van der Waals surface area contributed by atoms with Gasteiger partial charge in [0.15, 0.2) is 11.8 Å². The van der Waals surface area contributed by atoms with Crippen molar-refractivity contribution >= 4 is 52.5 Å². The minimum absolute atomic E-state index is 0.110. The predicted octanol–water partition coefficient (Wildman–Crippen LogP) is 4.44. The van der Waals surface area contributed by atoms with Crippen LogP contribution in [0.3, 0.4) is 0 Å². The van der Waals surface area contributed by atoms with E-state index < -0.39 is 12.6 Å². The molecule has 1 aromatic heterocycles. The summed E-state index contributed by atoms with van der Waals surface area (Å²) in [4.78, 5) is 27.9. The number of ether oxygens (including phenoxy) is 1. The zero-order valence-electron chi connectivity index (χ0n) is 18.4. The summed E-state index contributed by atoms with van der Waals surface area (Å²) >= 11 is 7.33. The summed E-state index contributed by atoms with van der Waals surface area (Å²) in [6.45, 7) is 0.123. The molecule has 0 saturated heterocycles. The number of benzene rings is 3. The number of rotatable bonds is 10. The number of amides is 1. The number of para-hydroxylation sites is 3. The predicted molar refractivity (Wildman–Crippen MR) is 136 cm³/mol. The first kappa shape index (κ1) is 24.3. The van der Waals surface area contributed by atoms with Crippen LogP contribution < -0.4 is 10.2 Å². The largest absolute Gasteiger partial charge is 0.481 e. The molecular formula is C25H21ClN4O4S. The number of carboxylic acids is 1. The van der Waals surface area contributed by atoms with Crippen molar-refractivity contribution in [2.45, 2.75) is 11.7 Å². The summed E-state index contributed by atoms with van der Waals surface area (Å²) in [7, 11) is 0. The normalized spacial score (nSPS) is 11.1. The van der Waals surface area contributed by atoms with Crippen LogP contribution in [0.15, 0.2) is 83.1 Å². The molecule has 0 fully saturated rings. The van der Waals surface area contributed by atoms with Gasteiger partial charge in [0.25, 0.3) is 5.91 Å². The molecule has 4 rings (SSSR count). The van der Waals surface area contributed by atoms with E-state index in [2.05, 4.69) is 20.1 Å². The zero-order chi connectivity index (χ0) is 24.6. The summed E-state index contributed by atoms with van der Waals surface area (Å²) in [5, 5.41) is 14.2. The van der Waals surface area contributed by atoms with Crippen molar-refractivity contribution < 1.29 is 19.4 Å². The van der Waals surface area contributed by atoms with E-state index in [9.17, 15) is 9.59 Å². The lowest BCUT2D eigenvalue weighted by molar-refractivity contribution is -0.139. The molecule has 1 heterocycles. The van der Waals surface area contributed by atoms with Crippen molar-refractivity contribution in [2.24, 2.45) is 5.10 Å². The summed E-state index contributed by atoms with van der Waals surface area (Å²) < 4.78 is 7.30. The zero-order valence-corrected chi connectivity index (χ0v) is 20.0. The van der Waals surface area contributed by atoms with Gasteiger partial charge in [-0.15, -0.1) is 0 Å². The number of hydrazone groups is 1. The van der Waals surface area contributed by atoms with Gasteiger partial charge in [0.2, 0.25) is 0 Å². The van der Waals surface area contributed by atoms with E-state index in [0.717, 1.165) is 16.6 Å². The molecule has 178 valence electrons. The van der Waals surface area contributed by atoms with E-state index in [1.807, 2.05) is 48.5 Å². The maximum atomic E-state index is 12.4. The van der Waals surface area contributed by atoms with Crippen molar-refractivity contribution in [1.29, 1.82) is 0 Å². The Balaban J connectivity index is 1.41. The number of nitrogens with zero attached hydrogens (tertiary/aromatic N) is 3. The van der Waals surface area contributed by atoms with Crippen LogP contribution >= 0.6 is 23.4 Å². The molecular weight excluding hydrogens is 488 g/mol. The average Bonchev–Trinajstić information content (AvgIpc) is 3.20. The maximum Gasteiger partial charge on any atom is 0.341 e. The number of aromatic nitrogens is 2. The minimum atomic E-state index is -1.08. The van der Waals surface area contributed by atoms with Gasteiger partial charge in [-0.1, -0.05) is 59.8 Å². The monoisotopic (exact) mass is 508 g/mol. The molecule has 0 aliphatic heterocycles. The molecule has 35 heavy (non-hydrogen) atoms. The van der Waals surface area contributed by atoms with Gasteiger partial charge in [-0.3, -0.25) is 4.79 Å². The number of nitrogens with one attached hydrogen (secondary N) is 1. The molecule has 0 radical (unpaired) electrons. The Morgan fingerprint density at radius 2 is 1.83 bits per heavy atom. The number of halogens is 1. The van der Waals surface area contributed by atoms with Gasteiger partial charge >= 0.3 is 5.97 Å². The Hall–Kier alpha value is -3.82. The molecule has 0 spiro atoms. The highest BCUT2D eigenvalue weighted by Crippen LogP contribution is 2.25. The Bertz CT molecular complexity index is 1370. The Labute approximate surface area is 210 Å². The maximum absolute atomic E-state index is 12.4. The minimum Gasteiger partial charge on any atom is -0.481 e. The van der Waals surface area contributed by atoms with Crippen molar-refractivity contribution in [1.82, 2.24) is 15.0 Å². The van der Waals surface area contributed by atoms with Crippen LogP contribution in [0.5, 0.6) is 5.75 Å². The molecule has 0 saturated carbocycles. The first-order valence-electron chi connectivity index (χ1n) is 10.6. The Morgan fingerprint density at radius 1 is 1.09 bits per heavy atom. The van der Waals surface area contributed by atoms with Crippen molar-refractivity contribution in [3.8, 4) is 5.75 Å². The number of carbonyl (C=O) groups is 2. The second-order valence-electron chi connectivity index (χ2n) is 7.40. The lowest BCUT2D eigenvalue weighted by atomic mass is 10.2. The van der Waals surface area contributed by atoms with E-state index in [1.165, 1.54) is 18.0 Å². The summed E-state index contributed by atoms with van der Waals surface area (Å²) in [6, 6.07) is 22.3. The topological polar surface area (TPSA) is 106 Å². The number of fused-ring (bicyclic) bond motifs is 1. The number of imidazole rings is 1. The van der Waals surface area contributed by atoms with Gasteiger partial charge in [-0.25, -0.2) is 15.2 Å². The van der Waals surface area contributed by atoms with Crippen LogP contribution in [0.1, 0.15) is 11.1 Å². The van der Waals surface area contributed by atoms with Crippen LogP contribution in [-0.2, 0) is 16.1 Å².